The molecule has 0 aliphatic carbocycles. The molecule has 9 nitrogen and oxygen atoms in total. The van der Waals surface area contributed by atoms with Crippen LogP contribution in [0.4, 0.5) is 13.2 Å². The van der Waals surface area contributed by atoms with E-state index in [9.17, 15) is 22.8 Å². The van der Waals surface area contributed by atoms with Crippen LogP contribution >= 0.6 is 11.3 Å². The van der Waals surface area contributed by atoms with Crippen LogP contribution in [-0.2, 0) is 19.4 Å². The predicted molar refractivity (Wildman–Crippen MR) is 158 cm³/mol. The van der Waals surface area contributed by atoms with Gasteiger partial charge in [0.2, 0.25) is 11.8 Å². The van der Waals surface area contributed by atoms with Crippen molar-refractivity contribution in [2.45, 2.75) is 45.2 Å². The monoisotopic (exact) mass is 630 g/mol. The fraction of sp³-hybridized carbons (Fsp3) is 0.250. The van der Waals surface area contributed by atoms with Gasteiger partial charge in [0, 0.05) is 36.1 Å². The van der Waals surface area contributed by atoms with Crippen molar-refractivity contribution in [1.29, 1.82) is 0 Å². The lowest BCUT2D eigenvalue weighted by atomic mass is 9.93. The second-order valence-corrected chi connectivity index (χ2v) is 12.0. The van der Waals surface area contributed by atoms with Gasteiger partial charge in [-0.05, 0) is 67.6 Å². The van der Waals surface area contributed by atoms with E-state index in [1.807, 2.05) is 4.90 Å². The molecular weight excluding hydrogens is 605 g/mol. The summed E-state index contributed by atoms with van der Waals surface area (Å²) in [5.41, 5.74) is 3.89. The lowest BCUT2D eigenvalue weighted by molar-refractivity contribution is 0.0776. The highest BCUT2D eigenvalue weighted by Gasteiger charge is 2.44. The molecule has 1 aromatic carbocycles. The zero-order valence-corrected chi connectivity index (χ0v) is 24.8. The summed E-state index contributed by atoms with van der Waals surface area (Å²) < 4.78 is 46.4. The molecule has 1 unspecified atom stereocenters. The van der Waals surface area contributed by atoms with Crippen molar-refractivity contribution in [1.82, 2.24) is 30.4 Å². The van der Waals surface area contributed by atoms with Crippen molar-refractivity contribution in [3.8, 4) is 21.9 Å². The molecule has 2 aliphatic heterocycles. The first-order chi connectivity index (χ1) is 21.8. The molecule has 4 aromatic heterocycles. The van der Waals surface area contributed by atoms with Gasteiger partial charge in [-0.25, -0.2) is 13.2 Å². The molecule has 5 aromatic rings. The first-order valence-corrected chi connectivity index (χ1v) is 15.2. The van der Waals surface area contributed by atoms with Crippen LogP contribution in [0, 0.1) is 24.4 Å². The van der Waals surface area contributed by atoms with Crippen LogP contribution in [0.3, 0.4) is 0 Å². The Bertz CT molecular complexity index is 1960. The molecule has 6 heterocycles. The van der Waals surface area contributed by atoms with Gasteiger partial charge in [-0.1, -0.05) is 6.07 Å². The maximum Gasteiger partial charge on any atom is 0.261 e. The third-order valence-electron chi connectivity index (χ3n) is 8.00. The normalized spacial score (nSPS) is 15.4. The third-order valence-corrected chi connectivity index (χ3v) is 9.10. The molecular formula is C32H25F3N6O3S. The number of aryl methyl sites for hydroxylation is 3. The molecule has 2 aliphatic rings. The lowest BCUT2D eigenvalue weighted by Gasteiger charge is -2.16. The van der Waals surface area contributed by atoms with E-state index in [1.54, 1.807) is 25.1 Å². The number of carbonyl (C=O) groups is 2. The first kappa shape index (κ1) is 28.8. The molecule has 0 bridgehead atoms. The maximum absolute atomic E-state index is 13.9. The molecule has 1 N–H and O–H groups in total. The van der Waals surface area contributed by atoms with Gasteiger partial charge < -0.3 is 14.6 Å². The summed E-state index contributed by atoms with van der Waals surface area (Å²) in [6.07, 6.45) is 3.65. The van der Waals surface area contributed by atoms with E-state index < -0.39 is 23.4 Å². The zero-order valence-electron chi connectivity index (χ0n) is 23.9. The number of nitrogens with zero attached hydrogens (tertiary/aromatic N) is 5. The number of hydrogen-bond donors (Lipinski definition) is 1. The number of pyridine rings is 2. The number of halogens is 3. The van der Waals surface area contributed by atoms with Gasteiger partial charge in [-0.3, -0.25) is 19.6 Å². The quantitative estimate of drug-likeness (QED) is 0.224. The van der Waals surface area contributed by atoms with Crippen molar-refractivity contribution in [2.75, 3.05) is 6.54 Å². The van der Waals surface area contributed by atoms with Crippen LogP contribution in [0.5, 0.6) is 0 Å². The number of nitrogens with one attached hydrogen (secondary N) is 1. The number of fused-ring (bicyclic) bond motifs is 3. The van der Waals surface area contributed by atoms with E-state index in [1.165, 1.54) is 29.7 Å². The summed E-state index contributed by atoms with van der Waals surface area (Å²) in [4.78, 5) is 39.1. The molecule has 0 saturated carbocycles. The number of aromatic nitrogens is 4. The van der Waals surface area contributed by atoms with Gasteiger partial charge >= 0.3 is 0 Å². The van der Waals surface area contributed by atoms with Gasteiger partial charge in [-0.15, -0.1) is 21.5 Å². The molecule has 45 heavy (non-hydrogen) atoms. The van der Waals surface area contributed by atoms with Crippen LogP contribution in [-0.4, -0.2) is 43.4 Å². The van der Waals surface area contributed by atoms with Gasteiger partial charge in [0.25, 0.3) is 11.8 Å². The van der Waals surface area contributed by atoms with E-state index in [4.69, 9.17) is 9.40 Å². The van der Waals surface area contributed by atoms with E-state index in [0.717, 1.165) is 25.0 Å². The average Bonchev–Trinajstić information content (AvgIpc) is 3.84. The molecule has 1 atom stereocenters. The van der Waals surface area contributed by atoms with Crippen LogP contribution in [0.25, 0.3) is 21.9 Å². The summed E-state index contributed by atoms with van der Waals surface area (Å²) in [7, 11) is 0. The molecule has 0 radical (unpaired) electrons. The molecule has 0 spiro atoms. The van der Waals surface area contributed by atoms with Crippen LogP contribution in [0.15, 0.2) is 53.1 Å². The Morgan fingerprint density at radius 2 is 1.91 bits per heavy atom. The smallest absolute Gasteiger partial charge is 0.261 e. The van der Waals surface area contributed by atoms with Crippen LogP contribution in [0.2, 0.25) is 0 Å². The first-order valence-electron chi connectivity index (χ1n) is 14.4. The third kappa shape index (κ3) is 5.37. The second kappa shape index (κ2) is 11.5. The highest BCUT2D eigenvalue weighted by molar-refractivity contribution is 7.17. The highest BCUT2D eigenvalue weighted by atomic mass is 32.1. The van der Waals surface area contributed by atoms with E-state index >= 15 is 0 Å². The van der Waals surface area contributed by atoms with E-state index in [-0.39, 0.29) is 24.4 Å². The van der Waals surface area contributed by atoms with Gasteiger partial charge in [0.15, 0.2) is 11.6 Å². The van der Waals surface area contributed by atoms with Gasteiger partial charge in [-0.2, -0.15) is 0 Å². The van der Waals surface area contributed by atoms with Gasteiger partial charge in [0.05, 0.1) is 39.6 Å². The summed E-state index contributed by atoms with van der Waals surface area (Å²) in [5.74, 6) is -2.42. The summed E-state index contributed by atoms with van der Waals surface area (Å²) in [6.45, 7) is 2.28. The fourth-order valence-corrected chi connectivity index (χ4v) is 6.90. The number of benzene rings is 1. The topological polar surface area (TPSA) is 114 Å². The number of thiophene rings is 1. The van der Waals surface area contributed by atoms with Crippen molar-refractivity contribution < 1.29 is 27.2 Å². The molecule has 7 rings (SSSR count). The highest BCUT2D eigenvalue weighted by Crippen LogP contribution is 2.49. The number of amides is 2. The van der Waals surface area contributed by atoms with Gasteiger partial charge in [0.1, 0.15) is 5.82 Å². The summed E-state index contributed by atoms with van der Waals surface area (Å²) >= 11 is 1.18. The van der Waals surface area contributed by atoms with E-state index in [2.05, 4.69) is 20.5 Å². The maximum atomic E-state index is 13.9. The Balaban J connectivity index is 1.31. The number of rotatable bonds is 8. The number of hydrogen-bond acceptors (Lipinski definition) is 8. The SMILES string of the molecule is Cc1nnc(-c2c(CCc3ccc(F)cn3)nc3c(c2-c2ccc(C(=O)NCc4ccc(F)c(F)c4)s2)C(=O)N2CCCC32)o1. The summed E-state index contributed by atoms with van der Waals surface area (Å²) in [6, 6.07) is 9.68. The van der Waals surface area contributed by atoms with Crippen molar-refractivity contribution in [3.05, 3.63) is 105 Å². The predicted octanol–water partition coefficient (Wildman–Crippen LogP) is 5.99. The van der Waals surface area contributed by atoms with Crippen molar-refractivity contribution in [2.24, 2.45) is 0 Å². The Morgan fingerprint density at radius 3 is 2.67 bits per heavy atom. The average molecular weight is 631 g/mol. The second-order valence-electron chi connectivity index (χ2n) is 10.9. The molecule has 13 heteroatoms. The standard InChI is InChI=1S/C32H25F3N6O3S/c1-16-39-40-31(44-16)26-22(9-7-19-6-5-18(33)15-36-19)38-29-23-3-2-12-41(23)32(43)28(29)27(26)24-10-11-25(45-24)30(42)37-14-17-4-8-20(34)21(35)13-17/h4-6,8,10-11,13,15,23H,2-3,7,9,12,14H2,1H3,(H,37,42). The van der Waals surface area contributed by atoms with Crippen LogP contribution < -0.4 is 5.32 Å². The molecule has 228 valence electrons. The number of carbonyl (C=O) groups excluding carboxylic acids is 2. The minimum absolute atomic E-state index is 0.00285. The van der Waals surface area contributed by atoms with Crippen molar-refractivity contribution in [3.63, 3.8) is 0 Å². The van der Waals surface area contributed by atoms with Crippen molar-refractivity contribution >= 4 is 23.2 Å². The Labute approximate surface area is 259 Å². The fourth-order valence-electron chi connectivity index (χ4n) is 5.92. The minimum Gasteiger partial charge on any atom is -0.421 e. The van der Waals surface area contributed by atoms with E-state index in [0.29, 0.717) is 74.4 Å². The molecule has 1 saturated heterocycles. The Hall–Kier alpha value is -4.91. The minimum atomic E-state index is -0.994. The van der Waals surface area contributed by atoms with Crippen LogP contribution in [0.1, 0.15) is 67.4 Å². The molecule has 2 amide bonds. The summed E-state index contributed by atoms with van der Waals surface area (Å²) in [5, 5.41) is 11.1. The lowest BCUT2D eigenvalue weighted by Crippen LogP contribution is -2.23. The Morgan fingerprint density at radius 1 is 1.04 bits per heavy atom. The zero-order chi connectivity index (χ0) is 31.2. The largest absolute Gasteiger partial charge is 0.421 e. The Kier molecular flexibility index (Phi) is 7.40. The molecule has 1 fully saturated rings.